The molecule has 1 unspecified atom stereocenters. The molecule has 0 fully saturated rings. The number of nitrogens with zero attached hydrogens (tertiary/aromatic N) is 2. The first-order valence-corrected chi connectivity index (χ1v) is 21.8. The Kier molecular flexibility index (Phi) is 7.27. The van der Waals surface area contributed by atoms with Crippen molar-refractivity contribution in [1.29, 1.82) is 0 Å². The Bertz CT molecular complexity index is 2880. The quantitative estimate of drug-likeness (QED) is 0.167. The SMILES string of the molecule is C=C/C=c1\c2n(c3ccccc13)-c1ccccc1C1(C=2C)c2ccccc2[Si](C)(C)c2ccc(-c3cc(-c4ccccc4)cc(-c4ccccc4)n3)cc21. The molecule has 1 atom stereocenters. The van der Waals surface area contributed by atoms with E-state index in [2.05, 4.69) is 201 Å². The summed E-state index contributed by atoms with van der Waals surface area (Å²) in [5.41, 5.74) is 13.8. The zero-order valence-electron chi connectivity index (χ0n) is 30.8. The molecule has 0 aliphatic carbocycles. The third-order valence-electron chi connectivity index (χ3n) is 12.1. The van der Waals surface area contributed by atoms with Gasteiger partial charge in [0.1, 0.15) is 8.07 Å². The highest BCUT2D eigenvalue weighted by Gasteiger charge is 2.52. The number of aromatic nitrogens is 2. The smallest absolute Gasteiger partial charge is 0.113 e. The molecule has 10 rings (SSSR count). The second kappa shape index (κ2) is 12.1. The van der Waals surface area contributed by atoms with Gasteiger partial charge in [-0.1, -0.05) is 165 Å². The highest BCUT2D eigenvalue weighted by molar-refractivity contribution is 7.01. The van der Waals surface area contributed by atoms with Gasteiger partial charge in [-0.15, -0.1) is 0 Å². The molecule has 8 aromatic rings. The second-order valence-electron chi connectivity index (χ2n) is 15.2. The van der Waals surface area contributed by atoms with Gasteiger partial charge in [0.2, 0.25) is 0 Å². The predicted molar refractivity (Wildman–Crippen MR) is 230 cm³/mol. The Balaban J connectivity index is 1.35. The number of hydrogen-bond acceptors (Lipinski definition) is 1. The lowest BCUT2D eigenvalue weighted by Gasteiger charge is -2.49. The maximum Gasteiger partial charge on any atom is 0.113 e. The van der Waals surface area contributed by atoms with Crippen molar-refractivity contribution in [1.82, 2.24) is 9.55 Å². The monoisotopic (exact) mass is 708 g/mol. The topological polar surface area (TPSA) is 17.8 Å². The van der Waals surface area contributed by atoms with E-state index in [1.54, 1.807) is 0 Å². The van der Waals surface area contributed by atoms with Crippen LogP contribution < -0.4 is 20.9 Å². The zero-order chi connectivity index (χ0) is 36.6. The van der Waals surface area contributed by atoms with Crippen LogP contribution >= 0.6 is 0 Å². The van der Waals surface area contributed by atoms with Crippen LogP contribution in [-0.4, -0.2) is 17.6 Å². The first kappa shape index (κ1) is 32.4. The van der Waals surface area contributed by atoms with E-state index in [-0.39, 0.29) is 0 Å². The van der Waals surface area contributed by atoms with Crippen LogP contribution in [0.2, 0.25) is 13.1 Å². The lowest BCUT2D eigenvalue weighted by molar-refractivity contribution is 0.752. The van der Waals surface area contributed by atoms with Gasteiger partial charge in [-0.25, -0.2) is 4.98 Å². The summed E-state index contributed by atoms with van der Waals surface area (Å²) in [6, 6.07) is 60.3. The Morgan fingerprint density at radius 2 is 1.19 bits per heavy atom. The molecule has 54 heavy (non-hydrogen) atoms. The fourth-order valence-corrected chi connectivity index (χ4v) is 12.8. The number of pyridine rings is 1. The van der Waals surface area contributed by atoms with Gasteiger partial charge in [0, 0.05) is 21.7 Å². The van der Waals surface area contributed by atoms with Gasteiger partial charge in [0.15, 0.2) is 0 Å². The standard InChI is InChI=1S/C51H40N2Si/c1-5-18-40-39-23-12-15-26-46(39)53-47-27-16-13-24-41(47)51(34(2)50(40)53)42-25-14-17-28-48(42)54(3,4)49-30-29-37(31-43(49)51)45-33-38(35-19-8-6-9-20-35)32-44(52-45)36-21-10-7-11-22-36/h5-33H,1H2,2-4H3/b40-18-. The first-order chi connectivity index (χ1) is 26.4. The molecule has 2 aliphatic rings. The van der Waals surface area contributed by atoms with Gasteiger partial charge in [0.25, 0.3) is 0 Å². The summed E-state index contributed by atoms with van der Waals surface area (Å²) >= 11 is 0. The van der Waals surface area contributed by atoms with Crippen LogP contribution in [0.5, 0.6) is 0 Å². The van der Waals surface area contributed by atoms with Crippen LogP contribution in [0, 0.1) is 0 Å². The van der Waals surface area contributed by atoms with E-state index in [1.165, 1.54) is 65.4 Å². The van der Waals surface area contributed by atoms with Crippen molar-refractivity contribution in [3.05, 3.63) is 204 Å². The highest BCUT2D eigenvalue weighted by atomic mass is 28.3. The molecule has 0 N–H and O–H groups in total. The van der Waals surface area contributed by atoms with E-state index in [0.717, 1.165) is 28.1 Å². The fourth-order valence-electron chi connectivity index (χ4n) is 9.67. The van der Waals surface area contributed by atoms with Crippen molar-refractivity contribution < 1.29 is 0 Å². The van der Waals surface area contributed by atoms with E-state index >= 15 is 0 Å². The Morgan fingerprint density at radius 1 is 0.574 bits per heavy atom. The molecule has 1 spiro atoms. The largest absolute Gasteiger partial charge is 0.309 e. The molecule has 0 amide bonds. The van der Waals surface area contributed by atoms with Gasteiger partial charge < -0.3 is 4.57 Å². The van der Waals surface area contributed by atoms with Crippen LogP contribution in [0.4, 0.5) is 0 Å². The van der Waals surface area contributed by atoms with Gasteiger partial charge in [-0.2, -0.15) is 0 Å². The van der Waals surface area contributed by atoms with Crippen molar-refractivity contribution >= 4 is 41.0 Å². The molecule has 2 nitrogen and oxygen atoms in total. The molecule has 0 saturated carbocycles. The van der Waals surface area contributed by atoms with Crippen LogP contribution in [0.3, 0.4) is 0 Å². The Morgan fingerprint density at radius 3 is 1.94 bits per heavy atom. The van der Waals surface area contributed by atoms with E-state index < -0.39 is 13.5 Å². The highest BCUT2D eigenvalue weighted by Crippen LogP contribution is 2.51. The number of benzene rings is 6. The van der Waals surface area contributed by atoms with Crippen LogP contribution in [-0.2, 0) is 5.41 Å². The maximum atomic E-state index is 5.41. The van der Waals surface area contributed by atoms with Crippen molar-refractivity contribution in [2.75, 3.05) is 0 Å². The third-order valence-corrected chi connectivity index (χ3v) is 15.6. The van der Waals surface area contributed by atoms with Crippen molar-refractivity contribution in [2.45, 2.75) is 25.4 Å². The minimum atomic E-state index is -2.16. The zero-order valence-corrected chi connectivity index (χ0v) is 31.8. The predicted octanol–water partition coefficient (Wildman–Crippen LogP) is 9.65. The minimum Gasteiger partial charge on any atom is -0.309 e. The van der Waals surface area contributed by atoms with Crippen molar-refractivity contribution in [3.8, 4) is 39.3 Å². The van der Waals surface area contributed by atoms with Gasteiger partial charge in [-0.3, -0.25) is 0 Å². The Hall–Kier alpha value is -6.29. The van der Waals surface area contributed by atoms with E-state index in [4.69, 9.17) is 4.98 Å². The summed E-state index contributed by atoms with van der Waals surface area (Å²) in [5.74, 6) is 0. The molecule has 3 heteroatoms. The van der Waals surface area contributed by atoms with Gasteiger partial charge in [-0.05, 0) is 81.0 Å². The third kappa shape index (κ3) is 4.49. The summed E-state index contributed by atoms with van der Waals surface area (Å²) < 4.78 is 2.50. The number of rotatable bonds is 4. The lowest BCUT2D eigenvalue weighted by atomic mass is 9.63. The molecule has 4 heterocycles. The van der Waals surface area contributed by atoms with E-state index in [9.17, 15) is 0 Å². The molecule has 0 saturated heterocycles. The average Bonchev–Trinajstić information content (AvgIpc) is 3.56. The number of allylic oxidation sites excluding steroid dienone is 1. The minimum absolute atomic E-state index is 0.533. The van der Waals surface area contributed by atoms with E-state index in [0.29, 0.717) is 0 Å². The molecule has 2 aliphatic heterocycles. The molecule has 0 bridgehead atoms. The first-order valence-electron chi connectivity index (χ1n) is 18.8. The molecule has 2 aromatic heterocycles. The van der Waals surface area contributed by atoms with Crippen molar-refractivity contribution in [3.63, 3.8) is 0 Å². The summed E-state index contributed by atoms with van der Waals surface area (Å²) in [5, 5.41) is 6.67. The summed E-state index contributed by atoms with van der Waals surface area (Å²) in [6.45, 7) is 11.6. The van der Waals surface area contributed by atoms with E-state index in [1.807, 2.05) is 6.08 Å². The lowest BCUT2D eigenvalue weighted by Crippen LogP contribution is -2.64. The van der Waals surface area contributed by atoms with Gasteiger partial charge >= 0.3 is 0 Å². The maximum absolute atomic E-state index is 5.41. The number of para-hydroxylation sites is 2. The van der Waals surface area contributed by atoms with Gasteiger partial charge in [0.05, 0.1) is 33.4 Å². The number of fused-ring (bicyclic) bond motifs is 10. The normalized spacial score (nSPS) is 16.8. The van der Waals surface area contributed by atoms with Crippen LogP contribution in [0.1, 0.15) is 23.6 Å². The summed E-state index contributed by atoms with van der Waals surface area (Å²) in [7, 11) is -2.16. The fraction of sp³-hybridized carbons (Fsp3) is 0.0784. The van der Waals surface area contributed by atoms with Crippen LogP contribution in [0.25, 0.3) is 61.9 Å². The summed E-state index contributed by atoms with van der Waals surface area (Å²) in [4.78, 5) is 5.41. The molecular formula is C51H40N2Si. The molecular weight excluding hydrogens is 669 g/mol. The summed E-state index contributed by atoms with van der Waals surface area (Å²) in [6.07, 6.45) is 4.14. The molecule has 6 aromatic carbocycles. The average molecular weight is 709 g/mol. The second-order valence-corrected chi connectivity index (χ2v) is 19.5. The molecule has 0 radical (unpaired) electrons. The molecule has 258 valence electrons. The number of hydrogen-bond donors (Lipinski definition) is 0. The van der Waals surface area contributed by atoms with Crippen LogP contribution in [0.15, 0.2) is 176 Å². The van der Waals surface area contributed by atoms with Crippen molar-refractivity contribution in [2.24, 2.45) is 0 Å². The Labute approximate surface area is 317 Å².